The van der Waals surface area contributed by atoms with Crippen LogP contribution in [0.4, 0.5) is 5.69 Å². The number of nitriles is 1. The molecule has 5 heterocycles. The largest absolute Gasteiger partial charge is 0.481 e. The van der Waals surface area contributed by atoms with Crippen molar-refractivity contribution in [3.05, 3.63) is 81.4 Å². The van der Waals surface area contributed by atoms with Crippen LogP contribution in [0, 0.1) is 16.7 Å². The molecule has 0 aliphatic carbocycles. The summed E-state index contributed by atoms with van der Waals surface area (Å²) in [4.78, 5) is 41.1. The fourth-order valence-corrected chi connectivity index (χ4v) is 7.90. The number of pyridine rings is 1. The fraction of sp³-hybridized carbons (Fsp3) is 0.361. The molecule has 7 rings (SSSR count). The molecule has 49 heavy (non-hydrogen) atoms. The van der Waals surface area contributed by atoms with Crippen molar-refractivity contribution in [3.8, 4) is 34.3 Å². The third-order valence-electron chi connectivity index (χ3n) is 9.74. The summed E-state index contributed by atoms with van der Waals surface area (Å²) in [7, 11) is 5.52. The number of nitrogens with one attached hydrogen (secondary N) is 1. The van der Waals surface area contributed by atoms with E-state index in [1.807, 2.05) is 67.2 Å². The normalized spacial score (nSPS) is 16.8. The van der Waals surface area contributed by atoms with Crippen molar-refractivity contribution in [1.29, 1.82) is 5.26 Å². The van der Waals surface area contributed by atoms with Gasteiger partial charge in [-0.15, -0.1) is 0 Å². The molecule has 3 aliphatic heterocycles. The third-order valence-corrected chi connectivity index (χ3v) is 10.6. The van der Waals surface area contributed by atoms with Crippen molar-refractivity contribution in [2.75, 3.05) is 52.2 Å². The molecular formula is C36H36Cl2N8O3. The van der Waals surface area contributed by atoms with E-state index in [0.717, 1.165) is 48.6 Å². The molecule has 4 aromatic rings. The van der Waals surface area contributed by atoms with Crippen molar-refractivity contribution < 1.29 is 14.3 Å². The minimum absolute atomic E-state index is 0.0636. The number of hydrogen-bond donors (Lipinski definition) is 1. The van der Waals surface area contributed by atoms with Crippen LogP contribution >= 0.6 is 23.2 Å². The molecule has 1 spiro atoms. The summed E-state index contributed by atoms with van der Waals surface area (Å²) in [6, 6.07) is 17.0. The summed E-state index contributed by atoms with van der Waals surface area (Å²) in [5, 5.41) is 12.6. The number of anilines is 1. The van der Waals surface area contributed by atoms with Crippen molar-refractivity contribution in [1.82, 2.24) is 29.2 Å². The fourth-order valence-electron chi connectivity index (χ4n) is 7.31. The molecule has 2 aromatic carbocycles. The van der Waals surface area contributed by atoms with Gasteiger partial charge in [-0.05, 0) is 19.2 Å². The van der Waals surface area contributed by atoms with Gasteiger partial charge in [0.1, 0.15) is 6.42 Å². The zero-order valence-electron chi connectivity index (χ0n) is 27.6. The molecule has 2 fully saturated rings. The number of amides is 2. The quantitative estimate of drug-likeness (QED) is 0.265. The van der Waals surface area contributed by atoms with E-state index >= 15 is 0 Å². The van der Waals surface area contributed by atoms with Gasteiger partial charge in [0, 0.05) is 92.6 Å². The number of carbonyl (C=O) groups is 2. The Morgan fingerprint density at radius 1 is 0.980 bits per heavy atom. The van der Waals surface area contributed by atoms with Gasteiger partial charge in [0.2, 0.25) is 11.8 Å². The maximum atomic E-state index is 13.4. The van der Waals surface area contributed by atoms with Gasteiger partial charge in [0.25, 0.3) is 5.91 Å². The summed E-state index contributed by atoms with van der Waals surface area (Å²) >= 11 is 14.0. The molecule has 0 radical (unpaired) electrons. The Labute approximate surface area is 295 Å². The van der Waals surface area contributed by atoms with E-state index < -0.39 is 0 Å². The zero-order chi connectivity index (χ0) is 34.4. The van der Waals surface area contributed by atoms with Gasteiger partial charge in [-0.25, -0.2) is 9.97 Å². The SMILES string of the molecule is COc1nc(-c2cccc(-c3cccc(NC(=O)c4nc5c(n4C)CCN(C)C5)c3Cl)c2Cl)ccc1CN1CC2(C1)CN(C(=O)CC#N)C2. The van der Waals surface area contributed by atoms with Crippen LogP contribution < -0.4 is 10.1 Å². The first-order valence-corrected chi connectivity index (χ1v) is 16.9. The first-order chi connectivity index (χ1) is 23.6. The Morgan fingerprint density at radius 2 is 1.69 bits per heavy atom. The minimum atomic E-state index is -0.330. The Kier molecular flexibility index (Phi) is 8.83. The van der Waals surface area contributed by atoms with Crippen LogP contribution in [0.25, 0.3) is 22.4 Å². The van der Waals surface area contributed by atoms with Crippen LogP contribution in [-0.4, -0.2) is 87.9 Å². The van der Waals surface area contributed by atoms with Crippen molar-refractivity contribution in [2.45, 2.75) is 25.9 Å². The highest BCUT2D eigenvalue weighted by molar-refractivity contribution is 6.39. The van der Waals surface area contributed by atoms with Gasteiger partial charge in [-0.3, -0.25) is 14.5 Å². The zero-order valence-corrected chi connectivity index (χ0v) is 29.1. The van der Waals surface area contributed by atoms with Gasteiger partial charge in [-0.1, -0.05) is 59.6 Å². The number of ether oxygens (including phenoxy) is 1. The molecule has 0 bridgehead atoms. The average molecular weight is 700 g/mol. The number of likely N-dealkylation sites (N-methyl/N-ethyl adjacent to an activating group) is 1. The molecule has 0 unspecified atom stereocenters. The predicted octanol–water partition coefficient (Wildman–Crippen LogP) is 5.26. The number of hydrogen-bond acceptors (Lipinski definition) is 8. The molecule has 0 saturated carbocycles. The van der Waals surface area contributed by atoms with E-state index in [4.69, 9.17) is 38.2 Å². The molecule has 2 aromatic heterocycles. The Bertz CT molecular complexity index is 2010. The minimum Gasteiger partial charge on any atom is -0.481 e. The molecular weight excluding hydrogens is 663 g/mol. The van der Waals surface area contributed by atoms with E-state index in [1.165, 1.54) is 0 Å². The molecule has 2 amide bonds. The predicted molar refractivity (Wildman–Crippen MR) is 187 cm³/mol. The number of carbonyl (C=O) groups excluding carboxylic acids is 2. The number of aromatic nitrogens is 3. The van der Waals surface area contributed by atoms with Crippen LogP contribution in [0.1, 0.15) is 34.0 Å². The number of halogens is 2. The second-order valence-electron chi connectivity index (χ2n) is 13.3. The Hall–Kier alpha value is -4.47. The van der Waals surface area contributed by atoms with Gasteiger partial charge < -0.3 is 24.4 Å². The van der Waals surface area contributed by atoms with Crippen LogP contribution in [0.3, 0.4) is 0 Å². The Balaban J connectivity index is 1.07. The summed E-state index contributed by atoms with van der Waals surface area (Å²) in [5.74, 6) is 0.440. The van der Waals surface area contributed by atoms with E-state index in [1.54, 1.807) is 18.1 Å². The molecule has 2 saturated heterocycles. The lowest BCUT2D eigenvalue weighted by Crippen LogP contribution is -2.72. The maximum absolute atomic E-state index is 13.4. The van der Waals surface area contributed by atoms with Gasteiger partial charge >= 0.3 is 0 Å². The first kappa shape index (κ1) is 33.0. The van der Waals surface area contributed by atoms with E-state index in [-0.39, 0.29) is 23.7 Å². The molecule has 3 aliphatic rings. The monoisotopic (exact) mass is 698 g/mol. The highest BCUT2D eigenvalue weighted by Crippen LogP contribution is 2.43. The van der Waals surface area contributed by atoms with E-state index in [9.17, 15) is 9.59 Å². The molecule has 1 N–H and O–H groups in total. The van der Waals surface area contributed by atoms with Crippen LogP contribution in [0.5, 0.6) is 5.88 Å². The highest BCUT2D eigenvalue weighted by atomic mass is 35.5. The molecule has 11 nitrogen and oxygen atoms in total. The van der Waals surface area contributed by atoms with Crippen LogP contribution in [0.15, 0.2) is 48.5 Å². The lowest BCUT2D eigenvalue weighted by molar-refractivity contribution is -0.158. The summed E-state index contributed by atoms with van der Waals surface area (Å²) in [6.07, 6.45) is 0.775. The summed E-state index contributed by atoms with van der Waals surface area (Å²) in [6.45, 7) is 5.46. The topological polar surface area (TPSA) is 120 Å². The van der Waals surface area contributed by atoms with Crippen molar-refractivity contribution in [2.24, 2.45) is 12.5 Å². The standard InChI is InChI=1S/C36H36Cl2N8O3/c1-43-15-13-29-28(17-43)40-33(44(29)2)34(48)41-27-9-5-7-24(32(27)38)23-6-4-8-25(31(23)37)26-11-10-22(35(42-26)49-3)16-45-18-36(19-45)20-46(21-36)30(47)12-14-39/h4-11H,12-13,15-21H2,1-3H3,(H,41,48). The van der Waals surface area contributed by atoms with E-state index in [0.29, 0.717) is 70.4 Å². The number of imidazole rings is 1. The van der Waals surface area contributed by atoms with Gasteiger partial charge in [0.05, 0.1) is 40.3 Å². The molecule has 13 heteroatoms. The second kappa shape index (κ2) is 13.1. The number of nitrogens with zero attached hydrogens (tertiary/aromatic N) is 7. The second-order valence-corrected chi connectivity index (χ2v) is 14.0. The highest BCUT2D eigenvalue weighted by Gasteiger charge is 2.52. The maximum Gasteiger partial charge on any atom is 0.291 e. The lowest BCUT2D eigenvalue weighted by Gasteiger charge is -2.60. The number of likely N-dealkylation sites (tertiary alicyclic amines) is 2. The van der Waals surface area contributed by atoms with Gasteiger partial charge in [-0.2, -0.15) is 5.26 Å². The van der Waals surface area contributed by atoms with Crippen molar-refractivity contribution >= 4 is 40.7 Å². The third kappa shape index (κ3) is 6.15. The molecule has 0 atom stereocenters. The number of benzene rings is 2. The van der Waals surface area contributed by atoms with Crippen LogP contribution in [-0.2, 0) is 31.4 Å². The van der Waals surface area contributed by atoms with E-state index in [2.05, 4.69) is 20.1 Å². The van der Waals surface area contributed by atoms with Crippen molar-refractivity contribution in [3.63, 3.8) is 0 Å². The number of methoxy groups -OCH3 is 1. The van der Waals surface area contributed by atoms with Crippen LogP contribution in [0.2, 0.25) is 10.0 Å². The summed E-state index contributed by atoms with van der Waals surface area (Å²) in [5.41, 5.74) is 6.29. The number of rotatable bonds is 8. The lowest BCUT2D eigenvalue weighted by atomic mass is 9.72. The first-order valence-electron chi connectivity index (χ1n) is 16.1. The molecule has 252 valence electrons. The average Bonchev–Trinajstić information content (AvgIpc) is 3.38. The smallest absolute Gasteiger partial charge is 0.291 e. The summed E-state index contributed by atoms with van der Waals surface area (Å²) < 4.78 is 7.58. The van der Waals surface area contributed by atoms with Gasteiger partial charge in [0.15, 0.2) is 5.82 Å². The Morgan fingerprint density at radius 3 is 2.43 bits per heavy atom. The number of fused-ring (bicyclic) bond motifs is 1.